The van der Waals surface area contributed by atoms with E-state index in [-0.39, 0.29) is 30.0 Å². The monoisotopic (exact) mass is 329 g/mol. The Morgan fingerprint density at radius 3 is 2.25 bits per heavy atom. The van der Waals surface area contributed by atoms with E-state index in [9.17, 15) is 14.4 Å². The fraction of sp³-hybridized carbons (Fsp3) is 0.235. The minimum atomic E-state index is -0.368. The average Bonchev–Trinajstić information content (AvgIpc) is 3.09. The lowest BCUT2D eigenvalue weighted by molar-refractivity contribution is -0.129. The number of carbonyl (C=O) groups excluding carboxylic acids is 3. The van der Waals surface area contributed by atoms with Crippen molar-refractivity contribution in [1.82, 2.24) is 9.80 Å². The van der Waals surface area contributed by atoms with Gasteiger partial charge >= 0.3 is 0 Å². The van der Waals surface area contributed by atoms with Gasteiger partial charge in [-0.25, -0.2) is 0 Å². The van der Waals surface area contributed by atoms with Crippen molar-refractivity contribution in [3.8, 4) is 0 Å². The van der Waals surface area contributed by atoms with E-state index in [0.717, 1.165) is 0 Å². The number of rotatable bonds is 5. The summed E-state index contributed by atoms with van der Waals surface area (Å²) >= 11 is 0. The second-order valence-electron chi connectivity index (χ2n) is 5.46. The number of furan rings is 1. The molecular weight excluding hydrogens is 310 g/mol. The van der Waals surface area contributed by atoms with Gasteiger partial charge in [-0.1, -0.05) is 0 Å². The van der Waals surface area contributed by atoms with E-state index in [0.29, 0.717) is 11.3 Å². The summed E-state index contributed by atoms with van der Waals surface area (Å²) in [6, 6.07) is 9.62. The number of hydrogen-bond acceptors (Lipinski definition) is 4. The van der Waals surface area contributed by atoms with Crippen LogP contribution in [-0.2, 0) is 4.79 Å². The number of benzene rings is 1. The summed E-state index contributed by atoms with van der Waals surface area (Å²) in [4.78, 5) is 38.6. The van der Waals surface area contributed by atoms with Gasteiger partial charge in [-0.2, -0.15) is 0 Å². The molecule has 0 spiro atoms. The summed E-state index contributed by atoms with van der Waals surface area (Å²) in [5.41, 5.74) is 0.972. The first-order valence-electron chi connectivity index (χ1n) is 7.29. The molecule has 0 atom stereocenters. The van der Waals surface area contributed by atoms with Crippen molar-refractivity contribution >= 4 is 23.4 Å². The molecule has 2 aromatic rings. The number of likely N-dealkylation sites (N-methyl/N-ethyl adjacent to an activating group) is 2. The van der Waals surface area contributed by atoms with Crippen LogP contribution in [0.2, 0.25) is 0 Å². The van der Waals surface area contributed by atoms with Crippen LogP contribution in [0, 0.1) is 0 Å². The third kappa shape index (κ3) is 4.22. The van der Waals surface area contributed by atoms with Crippen molar-refractivity contribution in [2.24, 2.45) is 0 Å². The van der Waals surface area contributed by atoms with Gasteiger partial charge in [0.1, 0.15) is 0 Å². The highest BCUT2D eigenvalue weighted by Crippen LogP contribution is 2.13. The van der Waals surface area contributed by atoms with Crippen molar-refractivity contribution < 1.29 is 18.8 Å². The number of nitrogens with zero attached hydrogens (tertiary/aromatic N) is 2. The molecule has 3 amide bonds. The number of amides is 3. The summed E-state index contributed by atoms with van der Waals surface area (Å²) in [6.07, 6.45) is 1.42. The van der Waals surface area contributed by atoms with Crippen LogP contribution in [0.25, 0.3) is 0 Å². The SMILES string of the molecule is CN(C)C(=O)CN(C)C(=O)c1ccc(NC(=O)c2ccco2)cc1. The third-order valence-corrected chi connectivity index (χ3v) is 3.35. The maximum absolute atomic E-state index is 12.3. The van der Waals surface area contributed by atoms with Gasteiger partial charge in [-0.15, -0.1) is 0 Å². The minimum absolute atomic E-state index is 0.00279. The number of nitrogens with one attached hydrogen (secondary N) is 1. The lowest BCUT2D eigenvalue weighted by Crippen LogP contribution is -2.37. The highest BCUT2D eigenvalue weighted by atomic mass is 16.3. The molecule has 0 saturated carbocycles. The summed E-state index contributed by atoms with van der Waals surface area (Å²) in [6.45, 7) is 0.00279. The molecule has 0 radical (unpaired) electrons. The van der Waals surface area contributed by atoms with Gasteiger partial charge < -0.3 is 19.5 Å². The average molecular weight is 329 g/mol. The highest BCUT2D eigenvalue weighted by molar-refractivity contribution is 6.02. The van der Waals surface area contributed by atoms with E-state index in [1.807, 2.05) is 0 Å². The van der Waals surface area contributed by atoms with Crippen molar-refractivity contribution in [3.63, 3.8) is 0 Å². The molecule has 0 saturated heterocycles. The van der Waals surface area contributed by atoms with E-state index >= 15 is 0 Å². The van der Waals surface area contributed by atoms with Crippen LogP contribution < -0.4 is 5.32 Å². The van der Waals surface area contributed by atoms with Crippen LogP contribution >= 0.6 is 0 Å². The Morgan fingerprint density at radius 1 is 1.04 bits per heavy atom. The zero-order chi connectivity index (χ0) is 17.7. The quantitative estimate of drug-likeness (QED) is 0.905. The Kier molecular flexibility index (Phi) is 5.36. The van der Waals surface area contributed by atoms with Gasteiger partial charge in [-0.05, 0) is 36.4 Å². The minimum Gasteiger partial charge on any atom is -0.459 e. The molecule has 1 N–H and O–H groups in total. The summed E-state index contributed by atoms with van der Waals surface area (Å²) in [5, 5.41) is 2.67. The fourth-order valence-corrected chi connectivity index (χ4v) is 1.93. The maximum atomic E-state index is 12.3. The molecular formula is C17H19N3O4. The predicted molar refractivity (Wildman–Crippen MR) is 88.8 cm³/mol. The largest absolute Gasteiger partial charge is 0.459 e. The summed E-state index contributed by atoms with van der Waals surface area (Å²) in [5.74, 6) is -0.591. The van der Waals surface area contributed by atoms with Gasteiger partial charge in [0, 0.05) is 32.4 Å². The van der Waals surface area contributed by atoms with Gasteiger partial charge in [0.2, 0.25) is 5.91 Å². The molecule has 7 nitrogen and oxygen atoms in total. The topological polar surface area (TPSA) is 82.9 Å². The number of hydrogen-bond donors (Lipinski definition) is 1. The molecule has 2 rings (SSSR count). The normalized spacial score (nSPS) is 10.1. The first-order valence-corrected chi connectivity index (χ1v) is 7.29. The standard InChI is InChI=1S/C17H19N3O4/c1-19(2)15(21)11-20(3)17(23)12-6-8-13(9-7-12)18-16(22)14-5-4-10-24-14/h4-10H,11H2,1-3H3,(H,18,22). The molecule has 0 unspecified atom stereocenters. The Morgan fingerprint density at radius 2 is 1.71 bits per heavy atom. The van der Waals surface area contributed by atoms with Crippen LogP contribution in [0.1, 0.15) is 20.9 Å². The van der Waals surface area contributed by atoms with Gasteiger partial charge in [0.15, 0.2) is 5.76 Å². The van der Waals surface area contributed by atoms with Crippen LogP contribution in [0.15, 0.2) is 47.1 Å². The van der Waals surface area contributed by atoms with E-state index in [1.165, 1.54) is 16.1 Å². The molecule has 1 heterocycles. The smallest absolute Gasteiger partial charge is 0.291 e. The maximum Gasteiger partial charge on any atom is 0.291 e. The molecule has 0 aliphatic rings. The van der Waals surface area contributed by atoms with Crippen LogP contribution in [0.5, 0.6) is 0 Å². The molecule has 1 aromatic carbocycles. The van der Waals surface area contributed by atoms with Gasteiger partial charge in [0.05, 0.1) is 12.8 Å². The van der Waals surface area contributed by atoms with E-state index in [4.69, 9.17) is 4.42 Å². The Balaban J connectivity index is 1.99. The fourth-order valence-electron chi connectivity index (χ4n) is 1.93. The van der Waals surface area contributed by atoms with Crippen LogP contribution in [0.3, 0.4) is 0 Å². The number of anilines is 1. The molecule has 24 heavy (non-hydrogen) atoms. The lowest BCUT2D eigenvalue weighted by Gasteiger charge is -2.19. The first-order chi connectivity index (χ1) is 11.4. The Hall–Kier alpha value is -3.09. The Bertz CT molecular complexity index is 721. The first kappa shape index (κ1) is 17.3. The molecule has 0 aliphatic heterocycles. The van der Waals surface area contributed by atoms with E-state index in [1.54, 1.807) is 57.5 Å². The van der Waals surface area contributed by atoms with Crippen molar-refractivity contribution in [1.29, 1.82) is 0 Å². The van der Waals surface area contributed by atoms with Crippen LogP contribution in [0.4, 0.5) is 5.69 Å². The Labute approximate surface area is 139 Å². The van der Waals surface area contributed by atoms with Crippen molar-refractivity contribution in [3.05, 3.63) is 54.0 Å². The summed E-state index contributed by atoms with van der Waals surface area (Å²) < 4.78 is 5.01. The van der Waals surface area contributed by atoms with Gasteiger partial charge in [-0.3, -0.25) is 14.4 Å². The van der Waals surface area contributed by atoms with Gasteiger partial charge in [0.25, 0.3) is 11.8 Å². The molecule has 0 fully saturated rings. The second kappa shape index (κ2) is 7.45. The number of carbonyl (C=O) groups is 3. The molecule has 0 bridgehead atoms. The molecule has 7 heteroatoms. The van der Waals surface area contributed by atoms with E-state index < -0.39 is 0 Å². The lowest BCUT2D eigenvalue weighted by atomic mass is 10.2. The second-order valence-corrected chi connectivity index (χ2v) is 5.46. The third-order valence-electron chi connectivity index (χ3n) is 3.35. The van der Waals surface area contributed by atoms with E-state index in [2.05, 4.69) is 5.32 Å². The zero-order valence-electron chi connectivity index (χ0n) is 13.8. The molecule has 1 aromatic heterocycles. The van der Waals surface area contributed by atoms with Crippen molar-refractivity contribution in [2.75, 3.05) is 33.0 Å². The van der Waals surface area contributed by atoms with Crippen molar-refractivity contribution in [2.45, 2.75) is 0 Å². The molecule has 126 valence electrons. The summed E-state index contributed by atoms with van der Waals surface area (Å²) in [7, 11) is 4.84. The molecule has 0 aliphatic carbocycles. The predicted octanol–water partition coefficient (Wildman–Crippen LogP) is 1.69. The van der Waals surface area contributed by atoms with Crippen LogP contribution in [-0.4, -0.2) is 55.2 Å². The zero-order valence-corrected chi connectivity index (χ0v) is 13.8. The highest BCUT2D eigenvalue weighted by Gasteiger charge is 2.16.